The molecule has 2 aromatic carbocycles. The molecule has 0 bridgehead atoms. The first-order valence-corrected chi connectivity index (χ1v) is 7.32. The third-order valence-corrected chi connectivity index (χ3v) is 3.70. The molecule has 0 saturated heterocycles. The fraction of sp³-hybridized carbons (Fsp3) is 0.133. The first kappa shape index (κ1) is 14.4. The van der Waals surface area contributed by atoms with Crippen LogP contribution >= 0.6 is 11.8 Å². The lowest BCUT2D eigenvalue weighted by Gasteiger charge is -2.13. The van der Waals surface area contributed by atoms with Crippen LogP contribution in [0.1, 0.15) is 15.9 Å². The van der Waals surface area contributed by atoms with Gasteiger partial charge in [0.05, 0.1) is 0 Å². The van der Waals surface area contributed by atoms with Crippen molar-refractivity contribution in [3.05, 3.63) is 53.6 Å². The lowest BCUT2D eigenvalue weighted by molar-refractivity contribution is 0.100. The molecule has 0 atom stereocenters. The first-order chi connectivity index (χ1) is 9.65. The molecular formula is C15H16N2O2S. The van der Waals surface area contributed by atoms with Crippen molar-refractivity contribution in [2.24, 2.45) is 11.5 Å². The zero-order chi connectivity index (χ0) is 14.5. The van der Waals surface area contributed by atoms with Crippen LogP contribution in [0, 0.1) is 0 Å². The Morgan fingerprint density at radius 2 is 1.90 bits per heavy atom. The minimum Gasteiger partial charge on any atom is -0.457 e. The molecule has 2 rings (SSSR count). The number of amides is 1. The number of hydrogen-bond acceptors (Lipinski definition) is 4. The van der Waals surface area contributed by atoms with Crippen molar-refractivity contribution in [3.8, 4) is 11.5 Å². The molecule has 20 heavy (non-hydrogen) atoms. The predicted molar refractivity (Wildman–Crippen MR) is 81.1 cm³/mol. The van der Waals surface area contributed by atoms with Gasteiger partial charge in [-0.05, 0) is 42.7 Å². The van der Waals surface area contributed by atoms with Crippen LogP contribution in [-0.2, 0) is 6.54 Å². The van der Waals surface area contributed by atoms with Gasteiger partial charge in [0, 0.05) is 22.6 Å². The molecule has 0 spiro atoms. The standard InChI is InChI=1S/C15H16N2O2S/c1-20-14-4-2-3-13(12(14)9-16)19-11-7-5-10(6-8-11)15(17)18/h2-8H,9,16H2,1H3,(H2,17,18). The summed E-state index contributed by atoms with van der Waals surface area (Å²) in [4.78, 5) is 12.1. The number of carbonyl (C=O) groups is 1. The fourth-order valence-corrected chi connectivity index (χ4v) is 2.49. The van der Waals surface area contributed by atoms with E-state index in [2.05, 4.69) is 0 Å². The van der Waals surface area contributed by atoms with E-state index in [-0.39, 0.29) is 0 Å². The van der Waals surface area contributed by atoms with E-state index >= 15 is 0 Å². The molecule has 0 saturated carbocycles. The average Bonchev–Trinajstić information content (AvgIpc) is 2.47. The summed E-state index contributed by atoms with van der Waals surface area (Å²) in [5, 5.41) is 0. The normalized spacial score (nSPS) is 10.3. The SMILES string of the molecule is CSc1cccc(Oc2ccc(C(N)=O)cc2)c1CN. The third-order valence-electron chi connectivity index (χ3n) is 2.88. The van der Waals surface area contributed by atoms with Crippen molar-refractivity contribution in [2.45, 2.75) is 11.4 Å². The summed E-state index contributed by atoms with van der Waals surface area (Å²) < 4.78 is 5.83. The molecule has 0 aliphatic rings. The lowest BCUT2D eigenvalue weighted by Crippen LogP contribution is -2.10. The van der Waals surface area contributed by atoms with Crippen LogP contribution in [0.5, 0.6) is 11.5 Å². The van der Waals surface area contributed by atoms with Crippen LogP contribution in [0.25, 0.3) is 0 Å². The zero-order valence-electron chi connectivity index (χ0n) is 11.1. The highest BCUT2D eigenvalue weighted by Gasteiger charge is 2.09. The second kappa shape index (κ2) is 6.45. The Morgan fingerprint density at radius 1 is 1.20 bits per heavy atom. The molecule has 0 aromatic heterocycles. The average molecular weight is 288 g/mol. The molecule has 104 valence electrons. The first-order valence-electron chi connectivity index (χ1n) is 6.09. The van der Waals surface area contributed by atoms with Crippen molar-refractivity contribution in [1.82, 2.24) is 0 Å². The van der Waals surface area contributed by atoms with E-state index in [0.29, 0.717) is 17.9 Å². The number of primary amides is 1. The van der Waals surface area contributed by atoms with E-state index in [1.165, 1.54) is 0 Å². The largest absolute Gasteiger partial charge is 0.457 e. The predicted octanol–water partition coefficient (Wildman–Crippen LogP) is 2.76. The van der Waals surface area contributed by atoms with Gasteiger partial charge in [-0.15, -0.1) is 11.8 Å². The molecule has 1 amide bonds. The molecular weight excluding hydrogens is 272 g/mol. The quantitative estimate of drug-likeness (QED) is 0.829. The maximum Gasteiger partial charge on any atom is 0.248 e. The van der Waals surface area contributed by atoms with Gasteiger partial charge >= 0.3 is 0 Å². The lowest BCUT2D eigenvalue weighted by atomic mass is 10.2. The van der Waals surface area contributed by atoms with Crippen LogP contribution in [0.4, 0.5) is 0 Å². The molecule has 4 N–H and O–H groups in total. The number of nitrogens with two attached hydrogens (primary N) is 2. The summed E-state index contributed by atoms with van der Waals surface area (Å²) in [6, 6.07) is 12.5. The zero-order valence-corrected chi connectivity index (χ0v) is 11.9. The molecule has 0 unspecified atom stereocenters. The summed E-state index contributed by atoms with van der Waals surface area (Å²) in [5.41, 5.74) is 12.4. The Bertz CT molecular complexity index is 612. The molecule has 0 heterocycles. The molecule has 0 aliphatic carbocycles. The second-order valence-corrected chi connectivity index (χ2v) is 4.98. The van der Waals surface area contributed by atoms with Gasteiger partial charge in [0.15, 0.2) is 0 Å². The number of hydrogen-bond donors (Lipinski definition) is 2. The summed E-state index contributed by atoms with van der Waals surface area (Å²) in [6.45, 7) is 0.408. The highest BCUT2D eigenvalue weighted by molar-refractivity contribution is 7.98. The Labute approximate surface area is 122 Å². The Kier molecular flexibility index (Phi) is 4.65. The van der Waals surface area contributed by atoms with Crippen molar-refractivity contribution >= 4 is 17.7 Å². The van der Waals surface area contributed by atoms with Crippen molar-refractivity contribution in [3.63, 3.8) is 0 Å². The van der Waals surface area contributed by atoms with E-state index in [9.17, 15) is 4.79 Å². The van der Waals surface area contributed by atoms with Crippen LogP contribution in [0.3, 0.4) is 0 Å². The fourth-order valence-electron chi connectivity index (χ4n) is 1.85. The van der Waals surface area contributed by atoms with Gasteiger partial charge in [-0.3, -0.25) is 4.79 Å². The number of ether oxygens (including phenoxy) is 1. The van der Waals surface area contributed by atoms with Crippen molar-refractivity contribution in [1.29, 1.82) is 0 Å². The van der Waals surface area contributed by atoms with Crippen LogP contribution in [-0.4, -0.2) is 12.2 Å². The number of benzene rings is 2. The minimum atomic E-state index is -0.455. The van der Waals surface area contributed by atoms with Crippen molar-refractivity contribution in [2.75, 3.05) is 6.26 Å². The molecule has 0 aliphatic heterocycles. The maximum atomic E-state index is 11.0. The summed E-state index contributed by atoms with van der Waals surface area (Å²) in [6.07, 6.45) is 2.00. The molecule has 0 fully saturated rings. The van der Waals surface area contributed by atoms with E-state index < -0.39 is 5.91 Å². The third kappa shape index (κ3) is 3.12. The van der Waals surface area contributed by atoms with Gasteiger partial charge in [-0.2, -0.15) is 0 Å². The van der Waals surface area contributed by atoms with E-state index in [4.69, 9.17) is 16.2 Å². The smallest absolute Gasteiger partial charge is 0.248 e. The Hall–Kier alpha value is -1.98. The highest BCUT2D eigenvalue weighted by Crippen LogP contribution is 2.31. The van der Waals surface area contributed by atoms with Gasteiger partial charge < -0.3 is 16.2 Å². The minimum absolute atomic E-state index is 0.408. The Balaban J connectivity index is 2.27. The van der Waals surface area contributed by atoms with Gasteiger partial charge in [0.25, 0.3) is 0 Å². The van der Waals surface area contributed by atoms with E-state index in [1.54, 1.807) is 36.0 Å². The second-order valence-electron chi connectivity index (χ2n) is 4.13. The van der Waals surface area contributed by atoms with Gasteiger partial charge in [-0.25, -0.2) is 0 Å². The molecule has 5 heteroatoms. The van der Waals surface area contributed by atoms with Crippen LogP contribution in [0.15, 0.2) is 47.4 Å². The van der Waals surface area contributed by atoms with E-state index in [1.807, 2.05) is 24.5 Å². The highest BCUT2D eigenvalue weighted by atomic mass is 32.2. The van der Waals surface area contributed by atoms with Crippen LogP contribution in [0.2, 0.25) is 0 Å². The van der Waals surface area contributed by atoms with Gasteiger partial charge in [0.1, 0.15) is 11.5 Å². The maximum absolute atomic E-state index is 11.0. The van der Waals surface area contributed by atoms with Gasteiger partial charge in [-0.1, -0.05) is 6.07 Å². The van der Waals surface area contributed by atoms with E-state index in [0.717, 1.165) is 16.2 Å². The van der Waals surface area contributed by atoms with Crippen molar-refractivity contribution < 1.29 is 9.53 Å². The number of carbonyl (C=O) groups excluding carboxylic acids is 1. The van der Waals surface area contributed by atoms with Gasteiger partial charge in [0.2, 0.25) is 5.91 Å². The van der Waals surface area contributed by atoms with Crippen LogP contribution < -0.4 is 16.2 Å². The molecule has 0 radical (unpaired) electrons. The number of rotatable bonds is 5. The molecule has 2 aromatic rings. The summed E-state index contributed by atoms with van der Waals surface area (Å²) in [7, 11) is 0. The monoisotopic (exact) mass is 288 g/mol. The summed E-state index contributed by atoms with van der Waals surface area (Å²) >= 11 is 1.63. The Morgan fingerprint density at radius 3 is 2.45 bits per heavy atom. The number of thioether (sulfide) groups is 1. The summed E-state index contributed by atoms with van der Waals surface area (Å²) in [5.74, 6) is 0.915. The molecule has 4 nitrogen and oxygen atoms in total. The topological polar surface area (TPSA) is 78.3 Å².